The lowest BCUT2D eigenvalue weighted by atomic mass is 9.73. The first kappa shape index (κ1) is 20.0. The summed E-state index contributed by atoms with van der Waals surface area (Å²) in [6, 6.07) is 15.4. The molecule has 1 aliphatic heterocycles. The molecule has 1 atom stereocenters. The summed E-state index contributed by atoms with van der Waals surface area (Å²) in [4.78, 5) is 18.1. The highest BCUT2D eigenvalue weighted by Gasteiger charge is 2.42. The fourth-order valence-electron chi connectivity index (χ4n) is 4.51. The van der Waals surface area contributed by atoms with Crippen LogP contribution in [0, 0.1) is 5.41 Å². The van der Waals surface area contributed by atoms with Crippen molar-refractivity contribution in [1.29, 1.82) is 0 Å². The van der Waals surface area contributed by atoms with Gasteiger partial charge in [-0.3, -0.25) is 4.79 Å². The molecule has 3 aromatic rings. The number of fused-ring (bicyclic) bond motifs is 1. The fraction of sp³-hybridized carbons (Fsp3) is 0.292. The molecule has 1 aliphatic carbocycles. The van der Waals surface area contributed by atoms with Gasteiger partial charge in [-0.1, -0.05) is 54.0 Å². The van der Waals surface area contributed by atoms with Crippen LogP contribution in [0.5, 0.6) is 5.75 Å². The van der Waals surface area contributed by atoms with Crippen LogP contribution in [0.15, 0.2) is 64.3 Å². The van der Waals surface area contributed by atoms with Crippen LogP contribution in [-0.4, -0.2) is 27.7 Å². The van der Waals surface area contributed by atoms with Crippen molar-refractivity contribution in [2.75, 3.05) is 12.4 Å². The van der Waals surface area contributed by atoms with Gasteiger partial charge in [-0.05, 0) is 41.7 Å². The molecule has 5 rings (SSSR count). The van der Waals surface area contributed by atoms with E-state index in [0.717, 1.165) is 33.3 Å². The number of ether oxygens (including phenoxy) is 1. The molecule has 1 unspecified atom stereocenters. The van der Waals surface area contributed by atoms with E-state index in [4.69, 9.17) is 14.8 Å². The third kappa shape index (κ3) is 3.47. The summed E-state index contributed by atoms with van der Waals surface area (Å²) in [5, 5.41) is 8.26. The Kier molecular flexibility index (Phi) is 4.73. The number of carbonyl (C=O) groups excluding carboxylic acids is 1. The zero-order valence-corrected chi connectivity index (χ0v) is 19.2. The van der Waals surface area contributed by atoms with Crippen molar-refractivity contribution < 1.29 is 9.53 Å². The first-order valence-corrected chi connectivity index (χ1v) is 11.0. The Hall–Kier alpha value is -2.93. The minimum Gasteiger partial charge on any atom is -0.496 e. The second kappa shape index (κ2) is 7.34. The zero-order valence-electron chi connectivity index (χ0n) is 17.6. The van der Waals surface area contributed by atoms with Gasteiger partial charge < -0.3 is 10.1 Å². The van der Waals surface area contributed by atoms with Gasteiger partial charge in [-0.2, -0.15) is 4.98 Å². The normalized spacial score (nSPS) is 19.5. The van der Waals surface area contributed by atoms with Gasteiger partial charge in [0.05, 0.1) is 12.7 Å². The average molecular weight is 479 g/mol. The number of para-hydroxylation sites is 1. The van der Waals surface area contributed by atoms with Crippen LogP contribution in [0.3, 0.4) is 0 Å². The molecule has 1 aromatic heterocycles. The number of hydrogen-bond donors (Lipinski definition) is 1. The topological polar surface area (TPSA) is 69.0 Å². The number of ketones is 1. The summed E-state index contributed by atoms with van der Waals surface area (Å²) >= 11 is 3.51. The van der Waals surface area contributed by atoms with Crippen LogP contribution in [0.4, 0.5) is 5.95 Å². The molecule has 0 saturated heterocycles. The number of benzene rings is 2. The first-order chi connectivity index (χ1) is 14.9. The van der Waals surface area contributed by atoms with Crippen LogP contribution in [-0.2, 0) is 4.79 Å². The quantitative estimate of drug-likeness (QED) is 0.547. The maximum atomic E-state index is 13.3. The van der Waals surface area contributed by atoms with Crippen molar-refractivity contribution in [3.63, 3.8) is 0 Å². The van der Waals surface area contributed by atoms with E-state index in [1.165, 1.54) is 0 Å². The first-order valence-electron chi connectivity index (χ1n) is 10.2. The molecule has 0 radical (unpaired) electrons. The van der Waals surface area contributed by atoms with Crippen LogP contribution < -0.4 is 10.1 Å². The maximum Gasteiger partial charge on any atom is 0.226 e. The van der Waals surface area contributed by atoms with Crippen LogP contribution in [0.1, 0.15) is 38.3 Å². The van der Waals surface area contributed by atoms with E-state index in [0.29, 0.717) is 23.9 Å². The third-order valence-corrected chi connectivity index (χ3v) is 6.39. The van der Waals surface area contributed by atoms with Crippen molar-refractivity contribution >= 4 is 27.7 Å². The molecule has 2 heterocycles. The Morgan fingerprint density at radius 1 is 1.13 bits per heavy atom. The number of nitrogens with one attached hydrogen (secondary N) is 1. The number of halogens is 1. The van der Waals surface area contributed by atoms with Crippen molar-refractivity contribution in [1.82, 2.24) is 14.8 Å². The maximum absolute atomic E-state index is 13.3. The van der Waals surface area contributed by atoms with Gasteiger partial charge in [0.2, 0.25) is 5.95 Å². The van der Waals surface area contributed by atoms with Crippen LogP contribution >= 0.6 is 15.9 Å². The Morgan fingerprint density at radius 2 is 1.87 bits per heavy atom. The largest absolute Gasteiger partial charge is 0.496 e. The molecule has 0 saturated carbocycles. The Morgan fingerprint density at radius 3 is 2.61 bits per heavy atom. The number of rotatable bonds is 3. The molecule has 0 bridgehead atoms. The molecule has 0 spiro atoms. The lowest BCUT2D eigenvalue weighted by Gasteiger charge is -2.38. The van der Waals surface area contributed by atoms with Crippen LogP contribution in [0.25, 0.3) is 11.4 Å². The smallest absolute Gasteiger partial charge is 0.226 e. The molecule has 1 N–H and O–H groups in total. The Bertz CT molecular complexity index is 1210. The predicted octanol–water partition coefficient (Wildman–Crippen LogP) is 5.37. The van der Waals surface area contributed by atoms with Crippen molar-refractivity contribution in [2.45, 2.75) is 32.7 Å². The fourth-order valence-corrected chi connectivity index (χ4v) is 4.77. The van der Waals surface area contributed by atoms with Crippen LogP contribution in [0.2, 0.25) is 0 Å². The summed E-state index contributed by atoms with van der Waals surface area (Å²) in [6.07, 6.45) is 1.31. The summed E-state index contributed by atoms with van der Waals surface area (Å²) < 4.78 is 8.34. The molecule has 7 heteroatoms. The molecular weight excluding hydrogens is 456 g/mol. The SMILES string of the molecule is COc1ccccc1-c1nc2n(n1)C(c1ccc(Br)cc1)C1=C(CC(C)(C)CC1=O)N2. The van der Waals surface area contributed by atoms with Gasteiger partial charge in [0.15, 0.2) is 11.6 Å². The van der Waals surface area contributed by atoms with Gasteiger partial charge in [-0.25, -0.2) is 4.68 Å². The number of aromatic nitrogens is 3. The summed E-state index contributed by atoms with van der Waals surface area (Å²) in [5.41, 5.74) is 3.45. The highest BCUT2D eigenvalue weighted by Crippen LogP contribution is 2.46. The highest BCUT2D eigenvalue weighted by molar-refractivity contribution is 9.10. The monoisotopic (exact) mass is 478 g/mol. The number of anilines is 1. The Balaban J connectivity index is 1.69. The lowest BCUT2D eigenvalue weighted by Crippen LogP contribution is -2.36. The minimum atomic E-state index is -0.320. The molecule has 6 nitrogen and oxygen atoms in total. The Labute approximate surface area is 189 Å². The average Bonchev–Trinajstić information content (AvgIpc) is 3.15. The number of allylic oxidation sites excluding steroid dienone is 2. The van der Waals surface area contributed by atoms with Gasteiger partial charge in [0, 0.05) is 22.2 Å². The highest BCUT2D eigenvalue weighted by atomic mass is 79.9. The van der Waals surface area contributed by atoms with E-state index in [1.807, 2.05) is 53.2 Å². The molecule has 31 heavy (non-hydrogen) atoms. The molecule has 0 amide bonds. The van der Waals surface area contributed by atoms with E-state index in [2.05, 4.69) is 35.1 Å². The van der Waals surface area contributed by atoms with Gasteiger partial charge in [-0.15, -0.1) is 5.10 Å². The van der Waals surface area contributed by atoms with E-state index in [9.17, 15) is 4.79 Å². The predicted molar refractivity (Wildman–Crippen MR) is 123 cm³/mol. The minimum absolute atomic E-state index is 0.0964. The van der Waals surface area contributed by atoms with E-state index in [-0.39, 0.29) is 17.2 Å². The van der Waals surface area contributed by atoms with E-state index in [1.54, 1.807) is 7.11 Å². The molecule has 158 valence electrons. The van der Waals surface area contributed by atoms with Crippen molar-refractivity contribution in [3.05, 3.63) is 69.8 Å². The number of hydrogen-bond acceptors (Lipinski definition) is 5. The molecule has 0 fully saturated rings. The number of Topliss-reactive ketones (excluding diaryl/α,β-unsaturated/α-hetero) is 1. The van der Waals surface area contributed by atoms with Gasteiger partial charge >= 0.3 is 0 Å². The van der Waals surface area contributed by atoms with E-state index < -0.39 is 0 Å². The number of methoxy groups -OCH3 is 1. The lowest BCUT2D eigenvalue weighted by molar-refractivity contribution is -0.118. The van der Waals surface area contributed by atoms with E-state index >= 15 is 0 Å². The second-order valence-corrected chi connectivity index (χ2v) is 9.73. The summed E-state index contributed by atoms with van der Waals surface area (Å²) in [7, 11) is 1.64. The molecule has 2 aromatic carbocycles. The van der Waals surface area contributed by atoms with Crippen molar-refractivity contribution in [3.8, 4) is 17.1 Å². The van der Waals surface area contributed by atoms with Crippen molar-refractivity contribution in [2.24, 2.45) is 5.41 Å². The molecular formula is C24H23BrN4O2. The van der Waals surface area contributed by atoms with Gasteiger partial charge in [0.25, 0.3) is 0 Å². The third-order valence-electron chi connectivity index (χ3n) is 5.87. The summed E-state index contributed by atoms with van der Waals surface area (Å²) in [5.74, 6) is 2.07. The number of carbonyl (C=O) groups is 1. The van der Waals surface area contributed by atoms with Gasteiger partial charge in [0.1, 0.15) is 11.8 Å². The second-order valence-electron chi connectivity index (χ2n) is 8.82. The molecule has 2 aliphatic rings. The standard InChI is InChI=1S/C24H23BrN4O2/c1-24(2)12-17-20(18(30)13-24)21(14-8-10-15(25)11-9-14)29-23(26-17)27-22(28-29)16-6-4-5-7-19(16)31-3/h4-11,21H,12-13H2,1-3H3,(H,26,27,28). The number of nitrogens with zero attached hydrogens (tertiary/aromatic N) is 3. The zero-order chi connectivity index (χ0) is 21.8. The summed E-state index contributed by atoms with van der Waals surface area (Å²) in [6.45, 7) is 4.26.